The van der Waals surface area contributed by atoms with Gasteiger partial charge in [0.1, 0.15) is 6.04 Å². The number of morpholine rings is 1. The maximum atomic E-state index is 12.6. The van der Waals surface area contributed by atoms with Gasteiger partial charge >= 0.3 is 0 Å². The molecule has 0 aromatic carbocycles. The molecule has 0 spiro atoms. The van der Waals surface area contributed by atoms with Gasteiger partial charge < -0.3 is 15.0 Å². The van der Waals surface area contributed by atoms with E-state index in [0.717, 1.165) is 43.6 Å². The second-order valence-electron chi connectivity index (χ2n) is 5.81. The van der Waals surface area contributed by atoms with Crippen molar-refractivity contribution in [3.63, 3.8) is 0 Å². The quantitative estimate of drug-likeness (QED) is 0.901. The van der Waals surface area contributed by atoms with Crippen molar-refractivity contribution in [3.05, 3.63) is 21.3 Å². The molecule has 122 valence electrons. The fourth-order valence-electron chi connectivity index (χ4n) is 2.99. The lowest BCUT2D eigenvalue weighted by molar-refractivity contribution is -0.141. The summed E-state index contributed by atoms with van der Waals surface area (Å²) >= 11 is 7.60. The monoisotopic (exact) mass is 343 g/mol. The number of nitrogens with one attached hydrogen (secondary N) is 1. The molecule has 7 heteroatoms. The van der Waals surface area contributed by atoms with Crippen LogP contribution < -0.4 is 5.32 Å². The summed E-state index contributed by atoms with van der Waals surface area (Å²) in [6.45, 7) is 7.69. The van der Waals surface area contributed by atoms with E-state index in [9.17, 15) is 4.79 Å². The summed E-state index contributed by atoms with van der Waals surface area (Å²) in [5, 5.41) is 3.28. The van der Waals surface area contributed by atoms with Gasteiger partial charge in [-0.15, -0.1) is 11.3 Å². The number of hydrogen-bond acceptors (Lipinski definition) is 5. The van der Waals surface area contributed by atoms with Crippen molar-refractivity contribution >= 4 is 28.8 Å². The van der Waals surface area contributed by atoms with Crippen molar-refractivity contribution in [1.82, 2.24) is 15.1 Å². The van der Waals surface area contributed by atoms with Crippen LogP contribution in [-0.4, -0.2) is 67.2 Å². The topological polar surface area (TPSA) is 44.8 Å². The molecule has 3 rings (SSSR count). The molecule has 2 fully saturated rings. The number of hydrogen-bond donors (Lipinski definition) is 1. The minimum absolute atomic E-state index is 0.0486. The lowest BCUT2D eigenvalue weighted by atomic mass is 10.1. The summed E-state index contributed by atoms with van der Waals surface area (Å²) in [6, 6.07) is 3.82. The highest BCUT2D eigenvalue weighted by Gasteiger charge is 2.33. The molecular weight excluding hydrogens is 322 g/mol. The van der Waals surface area contributed by atoms with Gasteiger partial charge in [0.15, 0.2) is 0 Å². The van der Waals surface area contributed by atoms with Crippen molar-refractivity contribution in [1.29, 1.82) is 0 Å². The lowest BCUT2D eigenvalue weighted by Crippen LogP contribution is -2.59. The third kappa shape index (κ3) is 3.81. The second-order valence-corrected chi connectivity index (χ2v) is 7.61. The predicted octanol–water partition coefficient (Wildman–Crippen LogP) is 1.42. The van der Waals surface area contributed by atoms with Crippen LogP contribution in [0.3, 0.4) is 0 Å². The summed E-state index contributed by atoms with van der Waals surface area (Å²) < 4.78 is 6.41. The van der Waals surface area contributed by atoms with Gasteiger partial charge in [0.05, 0.1) is 17.0 Å². The number of piperazine rings is 1. The molecule has 0 saturated carbocycles. The Morgan fingerprint density at radius 3 is 2.82 bits per heavy atom. The molecule has 0 aliphatic carbocycles. The van der Waals surface area contributed by atoms with Crippen LogP contribution in [0.1, 0.15) is 11.8 Å². The number of rotatable bonds is 3. The van der Waals surface area contributed by atoms with Gasteiger partial charge in [-0.05, 0) is 19.1 Å². The molecule has 1 N–H and O–H groups in total. The Kier molecular flexibility index (Phi) is 5.36. The minimum atomic E-state index is -0.198. The van der Waals surface area contributed by atoms with Crippen molar-refractivity contribution in [2.75, 3.05) is 39.3 Å². The maximum Gasteiger partial charge on any atom is 0.242 e. The molecule has 22 heavy (non-hydrogen) atoms. The van der Waals surface area contributed by atoms with Crippen LogP contribution in [0.25, 0.3) is 0 Å². The summed E-state index contributed by atoms with van der Waals surface area (Å²) in [4.78, 5) is 18.2. The first-order valence-corrected chi connectivity index (χ1v) is 8.93. The van der Waals surface area contributed by atoms with E-state index in [2.05, 4.69) is 16.3 Å². The van der Waals surface area contributed by atoms with Gasteiger partial charge in [-0.2, -0.15) is 0 Å². The molecule has 0 unspecified atom stereocenters. The number of carbonyl (C=O) groups excluding carboxylic acids is 1. The van der Waals surface area contributed by atoms with Gasteiger partial charge in [0.2, 0.25) is 5.91 Å². The summed E-state index contributed by atoms with van der Waals surface area (Å²) in [5.74, 6) is 0.172. The van der Waals surface area contributed by atoms with Crippen LogP contribution in [0.4, 0.5) is 0 Å². The van der Waals surface area contributed by atoms with Crippen molar-refractivity contribution in [2.45, 2.75) is 25.6 Å². The Balaban J connectivity index is 1.49. The molecule has 2 atom stereocenters. The van der Waals surface area contributed by atoms with E-state index in [4.69, 9.17) is 16.3 Å². The second kappa shape index (κ2) is 7.27. The van der Waals surface area contributed by atoms with Gasteiger partial charge in [0, 0.05) is 44.1 Å². The first-order valence-electron chi connectivity index (χ1n) is 7.74. The molecule has 0 radical (unpaired) electrons. The molecule has 2 aliphatic rings. The molecular formula is C15H22ClN3O2S. The zero-order valence-electron chi connectivity index (χ0n) is 12.8. The van der Waals surface area contributed by atoms with E-state index in [1.54, 1.807) is 11.3 Å². The number of thiophene rings is 1. The van der Waals surface area contributed by atoms with Gasteiger partial charge in [-0.1, -0.05) is 11.6 Å². The summed E-state index contributed by atoms with van der Waals surface area (Å²) in [7, 11) is 0. The molecule has 2 saturated heterocycles. The largest absolute Gasteiger partial charge is 0.375 e. The average Bonchev–Trinajstić information content (AvgIpc) is 2.93. The Bertz CT molecular complexity index is 517. The summed E-state index contributed by atoms with van der Waals surface area (Å²) in [5.41, 5.74) is 0. The Morgan fingerprint density at radius 1 is 1.41 bits per heavy atom. The van der Waals surface area contributed by atoms with Crippen LogP contribution in [0.5, 0.6) is 0 Å². The third-order valence-electron chi connectivity index (χ3n) is 4.27. The van der Waals surface area contributed by atoms with Crippen molar-refractivity contribution in [3.8, 4) is 0 Å². The first-order chi connectivity index (χ1) is 10.6. The van der Waals surface area contributed by atoms with Crippen LogP contribution in [0.15, 0.2) is 12.1 Å². The molecule has 1 amide bonds. The lowest BCUT2D eigenvalue weighted by Gasteiger charge is -2.38. The molecule has 2 aliphatic heterocycles. The van der Waals surface area contributed by atoms with E-state index in [1.807, 2.05) is 17.9 Å². The van der Waals surface area contributed by atoms with E-state index in [1.165, 1.54) is 4.88 Å². The van der Waals surface area contributed by atoms with Gasteiger partial charge in [-0.3, -0.25) is 9.69 Å². The Labute approximate surface area is 140 Å². The fraction of sp³-hybridized carbons (Fsp3) is 0.667. The SMILES string of the molecule is C[C@H]1OCCN[C@@H]1C(=O)N1CCN(Cc2ccc(Cl)s2)CC1. The molecule has 0 bridgehead atoms. The first kappa shape index (κ1) is 16.2. The van der Waals surface area contributed by atoms with E-state index < -0.39 is 0 Å². The molecule has 5 nitrogen and oxygen atoms in total. The van der Waals surface area contributed by atoms with E-state index >= 15 is 0 Å². The van der Waals surface area contributed by atoms with E-state index in [0.29, 0.717) is 6.61 Å². The highest BCUT2D eigenvalue weighted by molar-refractivity contribution is 7.16. The average molecular weight is 344 g/mol. The molecule has 3 heterocycles. The number of halogens is 1. The number of amides is 1. The summed E-state index contributed by atoms with van der Waals surface area (Å²) in [6.07, 6.45) is -0.0486. The van der Waals surface area contributed by atoms with Crippen LogP contribution in [0, 0.1) is 0 Å². The number of nitrogens with zero attached hydrogens (tertiary/aromatic N) is 2. The van der Waals surface area contributed by atoms with Crippen LogP contribution in [-0.2, 0) is 16.1 Å². The van der Waals surface area contributed by atoms with Crippen molar-refractivity contribution < 1.29 is 9.53 Å². The van der Waals surface area contributed by atoms with Gasteiger partial charge in [-0.25, -0.2) is 0 Å². The molecule has 1 aromatic rings. The minimum Gasteiger partial charge on any atom is -0.375 e. The smallest absolute Gasteiger partial charge is 0.242 e. The van der Waals surface area contributed by atoms with E-state index in [-0.39, 0.29) is 18.1 Å². The van der Waals surface area contributed by atoms with Gasteiger partial charge in [0.25, 0.3) is 0 Å². The number of carbonyl (C=O) groups is 1. The zero-order valence-corrected chi connectivity index (χ0v) is 14.3. The van der Waals surface area contributed by atoms with Crippen molar-refractivity contribution in [2.24, 2.45) is 0 Å². The van der Waals surface area contributed by atoms with Crippen LogP contribution in [0.2, 0.25) is 4.34 Å². The highest BCUT2D eigenvalue weighted by Crippen LogP contribution is 2.23. The third-order valence-corrected chi connectivity index (χ3v) is 5.49. The molecule has 1 aromatic heterocycles. The highest BCUT2D eigenvalue weighted by atomic mass is 35.5. The Hall–Kier alpha value is -0.660. The standard InChI is InChI=1S/C15H22ClN3O2S/c1-11-14(17-4-9-21-11)15(20)19-7-5-18(6-8-19)10-12-2-3-13(16)22-12/h2-3,11,14,17H,4-10H2,1H3/t11-,14+/m1/s1. The zero-order chi connectivity index (χ0) is 15.5. The fourth-order valence-corrected chi connectivity index (χ4v) is 4.12. The van der Waals surface area contributed by atoms with Crippen LogP contribution >= 0.6 is 22.9 Å². The maximum absolute atomic E-state index is 12.6. The normalized spacial score (nSPS) is 27.1. The Morgan fingerprint density at radius 2 is 2.18 bits per heavy atom. The predicted molar refractivity (Wildman–Crippen MR) is 88.4 cm³/mol. The number of ether oxygens (including phenoxy) is 1.